The Morgan fingerprint density at radius 2 is 1.68 bits per heavy atom. The van der Waals surface area contributed by atoms with Crippen LogP contribution in [0.4, 0.5) is 0 Å². The zero-order valence-corrected chi connectivity index (χ0v) is 10.7. The van der Waals surface area contributed by atoms with E-state index in [4.69, 9.17) is 5.11 Å². The van der Waals surface area contributed by atoms with Gasteiger partial charge in [-0.05, 0) is 25.7 Å². The molecule has 2 rings (SSSR count). The van der Waals surface area contributed by atoms with Crippen LogP contribution in [-0.2, 0) is 14.4 Å². The van der Waals surface area contributed by atoms with Gasteiger partial charge in [-0.15, -0.1) is 0 Å². The first-order chi connectivity index (χ1) is 9.06. The molecule has 2 amide bonds. The molecule has 0 spiro atoms. The van der Waals surface area contributed by atoms with Gasteiger partial charge in [0.1, 0.15) is 0 Å². The fourth-order valence-electron chi connectivity index (χ4n) is 2.23. The van der Waals surface area contributed by atoms with Crippen LogP contribution in [0.2, 0.25) is 0 Å². The van der Waals surface area contributed by atoms with Crippen LogP contribution in [-0.4, -0.2) is 46.9 Å². The van der Waals surface area contributed by atoms with E-state index in [1.165, 1.54) is 0 Å². The molecule has 1 saturated heterocycles. The Hall–Kier alpha value is -1.85. The minimum Gasteiger partial charge on any atom is -0.478 e. The van der Waals surface area contributed by atoms with Crippen molar-refractivity contribution < 1.29 is 19.5 Å². The lowest BCUT2D eigenvalue weighted by atomic mass is 10.0. The Balaban J connectivity index is 1.72. The first kappa shape index (κ1) is 13.6. The van der Waals surface area contributed by atoms with Crippen LogP contribution >= 0.6 is 0 Å². The van der Waals surface area contributed by atoms with E-state index >= 15 is 0 Å². The van der Waals surface area contributed by atoms with Crippen molar-refractivity contribution in [2.45, 2.75) is 31.7 Å². The van der Waals surface area contributed by atoms with Crippen molar-refractivity contribution in [3.8, 4) is 0 Å². The van der Waals surface area contributed by atoms with E-state index in [2.05, 4.69) is 5.32 Å². The number of hydrogen-bond acceptors (Lipinski definition) is 3. The zero-order valence-electron chi connectivity index (χ0n) is 10.7. The van der Waals surface area contributed by atoms with Gasteiger partial charge < -0.3 is 15.3 Å². The van der Waals surface area contributed by atoms with E-state index in [0.29, 0.717) is 13.1 Å². The minimum absolute atomic E-state index is 0.0224. The minimum atomic E-state index is -1.14. The quantitative estimate of drug-likeness (QED) is 0.709. The Morgan fingerprint density at radius 1 is 1.05 bits per heavy atom. The molecule has 2 aliphatic rings. The molecule has 1 aliphatic heterocycles. The third kappa shape index (κ3) is 4.08. The maximum atomic E-state index is 11.8. The van der Waals surface area contributed by atoms with E-state index < -0.39 is 11.9 Å². The molecule has 104 valence electrons. The smallest absolute Gasteiger partial charge is 0.328 e. The number of piperidine rings is 1. The van der Waals surface area contributed by atoms with Crippen molar-refractivity contribution in [1.82, 2.24) is 10.2 Å². The average molecular weight is 266 g/mol. The zero-order chi connectivity index (χ0) is 13.8. The summed E-state index contributed by atoms with van der Waals surface area (Å²) in [7, 11) is 0. The Labute approximate surface area is 111 Å². The lowest BCUT2D eigenvalue weighted by molar-refractivity contribution is -0.134. The molecule has 6 nitrogen and oxygen atoms in total. The number of carbonyl (C=O) groups excluding carboxylic acids is 2. The number of aliphatic carboxylic acids is 1. The highest BCUT2D eigenvalue weighted by atomic mass is 16.4. The lowest BCUT2D eigenvalue weighted by Crippen LogP contribution is -2.46. The van der Waals surface area contributed by atoms with Crippen molar-refractivity contribution in [2.24, 2.45) is 5.92 Å². The summed E-state index contributed by atoms with van der Waals surface area (Å²) in [6, 6.07) is 0.0224. The molecular formula is C13H18N2O4. The van der Waals surface area contributed by atoms with Crippen molar-refractivity contribution in [2.75, 3.05) is 13.1 Å². The Bertz CT molecular complexity index is 407. The molecule has 2 fully saturated rings. The molecule has 6 heteroatoms. The summed E-state index contributed by atoms with van der Waals surface area (Å²) in [6.45, 7) is 1.34. The molecule has 0 aromatic carbocycles. The second-order valence-electron chi connectivity index (χ2n) is 5.05. The third-order valence-corrected chi connectivity index (χ3v) is 3.46. The van der Waals surface area contributed by atoms with Crippen LogP contribution < -0.4 is 5.32 Å². The number of likely N-dealkylation sites (tertiary alicyclic amines) is 1. The van der Waals surface area contributed by atoms with E-state index in [0.717, 1.165) is 37.8 Å². The van der Waals surface area contributed by atoms with Gasteiger partial charge >= 0.3 is 5.97 Å². The van der Waals surface area contributed by atoms with Gasteiger partial charge in [-0.2, -0.15) is 0 Å². The summed E-state index contributed by atoms with van der Waals surface area (Å²) < 4.78 is 0. The van der Waals surface area contributed by atoms with Crippen LogP contribution in [0.5, 0.6) is 0 Å². The van der Waals surface area contributed by atoms with Gasteiger partial charge in [0.25, 0.3) is 0 Å². The second kappa shape index (κ2) is 5.86. The number of hydrogen-bond donors (Lipinski definition) is 2. The number of nitrogens with zero attached hydrogens (tertiary/aromatic N) is 1. The van der Waals surface area contributed by atoms with Crippen molar-refractivity contribution in [3.05, 3.63) is 12.2 Å². The first-order valence-corrected chi connectivity index (χ1v) is 6.56. The van der Waals surface area contributed by atoms with E-state index in [9.17, 15) is 14.4 Å². The summed E-state index contributed by atoms with van der Waals surface area (Å²) in [4.78, 5) is 35.4. The van der Waals surface area contributed by atoms with E-state index in [1.54, 1.807) is 0 Å². The number of amides is 2. The molecule has 1 heterocycles. The third-order valence-electron chi connectivity index (χ3n) is 3.46. The van der Waals surface area contributed by atoms with Crippen molar-refractivity contribution in [1.29, 1.82) is 0 Å². The number of carboxylic acid groups (broad SMARTS) is 1. The maximum absolute atomic E-state index is 11.8. The predicted molar refractivity (Wildman–Crippen MR) is 67.2 cm³/mol. The van der Waals surface area contributed by atoms with Crippen LogP contribution in [0, 0.1) is 5.92 Å². The Morgan fingerprint density at radius 3 is 2.21 bits per heavy atom. The summed E-state index contributed by atoms with van der Waals surface area (Å²) in [5, 5.41) is 11.2. The Kier molecular flexibility index (Phi) is 4.19. The topological polar surface area (TPSA) is 86.7 Å². The molecular weight excluding hydrogens is 248 g/mol. The van der Waals surface area contributed by atoms with Gasteiger partial charge in [-0.25, -0.2) is 4.79 Å². The van der Waals surface area contributed by atoms with Crippen LogP contribution in [0.3, 0.4) is 0 Å². The highest BCUT2D eigenvalue weighted by Gasteiger charge is 2.34. The summed E-state index contributed by atoms with van der Waals surface area (Å²) in [5.41, 5.74) is 0. The van der Waals surface area contributed by atoms with Gasteiger partial charge in [-0.3, -0.25) is 9.59 Å². The average Bonchev–Trinajstić information content (AvgIpc) is 3.21. The maximum Gasteiger partial charge on any atom is 0.328 e. The summed E-state index contributed by atoms with van der Waals surface area (Å²) in [5.74, 6) is -1.05. The number of nitrogens with one attached hydrogen (secondary N) is 1. The fourth-order valence-corrected chi connectivity index (χ4v) is 2.23. The van der Waals surface area contributed by atoms with Crippen molar-refractivity contribution in [3.63, 3.8) is 0 Å². The monoisotopic (exact) mass is 266 g/mol. The first-order valence-electron chi connectivity index (χ1n) is 6.56. The normalized spacial score (nSPS) is 20.5. The van der Waals surface area contributed by atoms with Gasteiger partial charge in [0.2, 0.25) is 11.8 Å². The predicted octanol–water partition coefficient (Wildman–Crippen LogP) is 0.144. The highest BCUT2D eigenvalue weighted by Crippen LogP contribution is 2.31. The molecule has 2 N–H and O–H groups in total. The lowest BCUT2D eigenvalue weighted by Gasteiger charge is -2.32. The van der Waals surface area contributed by atoms with Crippen molar-refractivity contribution >= 4 is 17.8 Å². The molecule has 1 aliphatic carbocycles. The standard InChI is InChI=1S/C13H18N2O4/c16-11(3-4-12(17)18)14-10-5-7-15(8-6-10)13(19)9-1-2-9/h3-4,9-10H,1-2,5-8H2,(H,14,16)(H,17,18)/b4-3+. The molecule has 0 atom stereocenters. The van der Waals surface area contributed by atoms with Crippen LogP contribution in [0.1, 0.15) is 25.7 Å². The number of carbonyl (C=O) groups is 3. The number of rotatable bonds is 4. The fraction of sp³-hybridized carbons (Fsp3) is 0.615. The van der Waals surface area contributed by atoms with Crippen LogP contribution in [0.15, 0.2) is 12.2 Å². The number of carboxylic acids is 1. The molecule has 0 bridgehead atoms. The van der Waals surface area contributed by atoms with Gasteiger partial charge in [0.05, 0.1) is 0 Å². The molecule has 0 aromatic rings. The van der Waals surface area contributed by atoms with Gasteiger partial charge in [-0.1, -0.05) is 0 Å². The van der Waals surface area contributed by atoms with Gasteiger partial charge in [0, 0.05) is 37.2 Å². The molecule has 0 aromatic heterocycles. The highest BCUT2D eigenvalue weighted by molar-refractivity contribution is 5.94. The summed E-state index contributed by atoms with van der Waals surface area (Å²) in [6.07, 6.45) is 5.31. The molecule has 1 saturated carbocycles. The SMILES string of the molecule is O=C(O)/C=C/C(=O)NC1CCN(C(=O)C2CC2)CC1. The molecule has 19 heavy (non-hydrogen) atoms. The second-order valence-corrected chi connectivity index (χ2v) is 5.05. The largest absolute Gasteiger partial charge is 0.478 e. The van der Waals surface area contributed by atoms with Crippen LogP contribution in [0.25, 0.3) is 0 Å². The van der Waals surface area contributed by atoms with E-state index in [-0.39, 0.29) is 17.9 Å². The molecule has 0 unspecified atom stereocenters. The van der Waals surface area contributed by atoms with Gasteiger partial charge in [0.15, 0.2) is 0 Å². The summed E-state index contributed by atoms with van der Waals surface area (Å²) >= 11 is 0. The molecule has 0 radical (unpaired) electrons. The van der Waals surface area contributed by atoms with E-state index in [1.807, 2.05) is 4.90 Å².